The number of hydrogen-bond acceptors (Lipinski definition) is 3. The fourth-order valence-electron chi connectivity index (χ4n) is 2.82. The van der Waals surface area contributed by atoms with Crippen molar-refractivity contribution >= 4 is 16.9 Å². The quantitative estimate of drug-likeness (QED) is 0.915. The summed E-state index contributed by atoms with van der Waals surface area (Å²) in [6.45, 7) is 3.52. The van der Waals surface area contributed by atoms with Gasteiger partial charge in [-0.3, -0.25) is 4.79 Å². The second kappa shape index (κ2) is 5.29. The van der Waals surface area contributed by atoms with Gasteiger partial charge in [-0.05, 0) is 43.9 Å². The first kappa shape index (κ1) is 13.2. The van der Waals surface area contributed by atoms with Crippen molar-refractivity contribution in [3.63, 3.8) is 0 Å². The molecule has 1 unspecified atom stereocenters. The van der Waals surface area contributed by atoms with Crippen molar-refractivity contribution < 1.29 is 14.3 Å². The van der Waals surface area contributed by atoms with Crippen molar-refractivity contribution in [1.29, 1.82) is 0 Å². The van der Waals surface area contributed by atoms with Gasteiger partial charge in [0.1, 0.15) is 5.58 Å². The van der Waals surface area contributed by atoms with Gasteiger partial charge in [0.05, 0.1) is 0 Å². The van der Waals surface area contributed by atoms with Gasteiger partial charge in [0.15, 0.2) is 5.76 Å². The average molecular weight is 273 g/mol. The molecule has 20 heavy (non-hydrogen) atoms. The first-order valence-electron chi connectivity index (χ1n) is 7.07. The number of hydrogen-bond donors (Lipinski definition) is 1. The van der Waals surface area contributed by atoms with Crippen molar-refractivity contribution in [2.45, 2.75) is 19.8 Å². The largest absolute Gasteiger partial charge is 0.451 e. The highest BCUT2D eigenvalue weighted by Gasteiger charge is 2.26. The standard InChI is InChI=1S/C16H19NO3/c1-11-4-5-14-13(7-11)8-15(20-14)16(19)17-6-2-3-12(9-17)10-18/h4-5,7-8,12,18H,2-3,6,9-10H2,1H3. The normalized spacial score (nSPS) is 19.5. The molecule has 1 aliphatic heterocycles. The molecule has 1 N–H and O–H groups in total. The lowest BCUT2D eigenvalue weighted by molar-refractivity contribution is 0.0592. The first-order valence-corrected chi connectivity index (χ1v) is 7.07. The number of likely N-dealkylation sites (tertiary alicyclic amines) is 1. The van der Waals surface area contributed by atoms with E-state index in [2.05, 4.69) is 0 Å². The second-order valence-electron chi connectivity index (χ2n) is 5.59. The summed E-state index contributed by atoms with van der Waals surface area (Å²) in [5.41, 5.74) is 1.89. The number of rotatable bonds is 2. The van der Waals surface area contributed by atoms with E-state index >= 15 is 0 Å². The van der Waals surface area contributed by atoms with E-state index in [0.717, 1.165) is 35.9 Å². The fraction of sp³-hybridized carbons (Fsp3) is 0.438. The molecule has 2 heterocycles. The molecule has 4 heteroatoms. The Labute approximate surface area is 118 Å². The molecule has 0 aliphatic carbocycles. The maximum Gasteiger partial charge on any atom is 0.289 e. The summed E-state index contributed by atoms with van der Waals surface area (Å²) in [6.07, 6.45) is 1.93. The number of nitrogens with zero attached hydrogens (tertiary/aromatic N) is 1. The van der Waals surface area contributed by atoms with Crippen LogP contribution in [0.15, 0.2) is 28.7 Å². The average Bonchev–Trinajstić information content (AvgIpc) is 2.89. The molecule has 0 saturated carbocycles. The topological polar surface area (TPSA) is 53.7 Å². The van der Waals surface area contributed by atoms with Crippen LogP contribution in [0.2, 0.25) is 0 Å². The number of furan rings is 1. The van der Waals surface area contributed by atoms with Gasteiger partial charge in [-0.25, -0.2) is 0 Å². The zero-order valence-corrected chi connectivity index (χ0v) is 11.6. The molecule has 0 spiro atoms. The minimum absolute atomic E-state index is 0.0722. The highest BCUT2D eigenvalue weighted by Crippen LogP contribution is 2.24. The summed E-state index contributed by atoms with van der Waals surface area (Å²) >= 11 is 0. The van der Waals surface area contributed by atoms with Crippen LogP contribution < -0.4 is 0 Å². The van der Waals surface area contributed by atoms with Gasteiger partial charge >= 0.3 is 0 Å². The summed E-state index contributed by atoms with van der Waals surface area (Å²) in [4.78, 5) is 14.3. The third-order valence-corrected chi connectivity index (χ3v) is 3.95. The lowest BCUT2D eigenvalue weighted by Gasteiger charge is -2.31. The molecule has 0 bridgehead atoms. The summed E-state index contributed by atoms with van der Waals surface area (Å²) in [7, 11) is 0. The molecule has 1 aliphatic rings. The van der Waals surface area contributed by atoms with E-state index in [-0.39, 0.29) is 18.4 Å². The van der Waals surface area contributed by atoms with Crippen LogP contribution in [0.25, 0.3) is 11.0 Å². The molecule has 0 radical (unpaired) electrons. The molecule has 1 fully saturated rings. The number of aryl methyl sites for hydroxylation is 1. The van der Waals surface area contributed by atoms with Crippen molar-refractivity contribution in [1.82, 2.24) is 4.90 Å². The number of carbonyl (C=O) groups is 1. The predicted molar refractivity (Wildman–Crippen MR) is 76.7 cm³/mol. The Bertz CT molecular complexity index is 632. The summed E-state index contributed by atoms with van der Waals surface area (Å²) in [6, 6.07) is 7.70. The number of aliphatic hydroxyl groups is 1. The zero-order valence-electron chi connectivity index (χ0n) is 11.6. The highest BCUT2D eigenvalue weighted by molar-refractivity contribution is 5.96. The Hall–Kier alpha value is -1.81. The summed E-state index contributed by atoms with van der Waals surface area (Å²) < 4.78 is 5.65. The van der Waals surface area contributed by atoms with Crippen LogP contribution in [0, 0.1) is 12.8 Å². The molecule has 2 aromatic rings. The van der Waals surface area contributed by atoms with Gasteiger partial charge in [-0.2, -0.15) is 0 Å². The number of aliphatic hydroxyl groups excluding tert-OH is 1. The molecule has 4 nitrogen and oxygen atoms in total. The van der Waals surface area contributed by atoms with E-state index in [1.54, 1.807) is 4.90 Å². The Balaban J connectivity index is 1.84. The number of benzene rings is 1. The van der Waals surface area contributed by atoms with Crippen LogP contribution in [-0.2, 0) is 0 Å². The number of carbonyl (C=O) groups excluding carboxylic acids is 1. The smallest absolute Gasteiger partial charge is 0.289 e. The monoisotopic (exact) mass is 273 g/mol. The van der Waals surface area contributed by atoms with Gasteiger partial charge in [-0.15, -0.1) is 0 Å². The zero-order chi connectivity index (χ0) is 14.1. The fourth-order valence-corrected chi connectivity index (χ4v) is 2.82. The number of piperidine rings is 1. The maximum atomic E-state index is 12.5. The van der Waals surface area contributed by atoms with Gasteiger partial charge in [0, 0.05) is 25.1 Å². The molecule has 1 saturated heterocycles. The van der Waals surface area contributed by atoms with Crippen LogP contribution in [0.1, 0.15) is 29.0 Å². The Morgan fingerprint density at radius 1 is 1.45 bits per heavy atom. The van der Waals surface area contributed by atoms with Crippen molar-refractivity contribution in [3.05, 3.63) is 35.6 Å². The van der Waals surface area contributed by atoms with Crippen LogP contribution in [-0.4, -0.2) is 35.6 Å². The minimum atomic E-state index is -0.0722. The molecule has 1 aromatic heterocycles. The SMILES string of the molecule is Cc1ccc2oc(C(=O)N3CCCC(CO)C3)cc2c1. The van der Waals surface area contributed by atoms with E-state index < -0.39 is 0 Å². The molecule has 1 amide bonds. The van der Waals surface area contributed by atoms with Crippen LogP contribution in [0.4, 0.5) is 0 Å². The van der Waals surface area contributed by atoms with E-state index in [4.69, 9.17) is 4.42 Å². The van der Waals surface area contributed by atoms with E-state index in [1.165, 1.54) is 0 Å². The Morgan fingerprint density at radius 3 is 3.10 bits per heavy atom. The van der Waals surface area contributed by atoms with Crippen LogP contribution >= 0.6 is 0 Å². The Kier molecular flexibility index (Phi) is 3.49. The molecule has 106 valence electrons. The van der Waals surface area contributed by atoms with E-state index in [1.807, 2.05) is 31.2 Å². The molecule has 1 aromatic carbocycles. The minimum Gasteiger partial charge on any atom is -0.451 e. The lowest BCUT2D eigenvalue weighted by atomic mass is 9.99. The summed E-state index contributed by atoms with van der Waals surface area (Å²) in [5.74, 6) is 0.514. The van der Waals surface area contributed by atoms with Gasteiger partial charge in [-0.1, -0.05) is 11.6 Å². The van der Waals surface area contributed by atoms with E-state index in [9.17, 15) is 9.90 Å². The lowest BCUT2D eigenvalue weighted by Crippen LogP contribution is -2.40. The second-order valence-corrected chi connectivity index (χ2v) is 5.59. The van der Waals surface area contributed by atoms with Crippen molar-refractivity contribution in [3.8, 4) is 0 Å². The van der Waals surface area contributed by atoms with Crippen molar-refractivity contribution in [2.75, 3.05) is 19.7 Å². The first-order chi connectivity index (χ1) is 9.67. The molecule has 3 rings (SSSR count). The summed E-state index contributed by atoms with van der Waals surface area (Å²) in [5, 5.41) is 10.2. The third-order valence-electron chi connectivity index (χ3n) is 3.95. The van der Waals surface area contributed by atoms with Gasteiger partial charge < -0.3 is 14.4 Å². The number of fused-ring (bicyclic) bond motifs is 1. The van der Waals surface area contributed by atoms with Crippen molar-refractivity contribution in [2.24, 2.45) is 5.92 Å². The third kappa shape index (κ3) is 2.43. The maximum absolute atomic E-state index is 12.5. The van der Waals surface area contributed by atoms with Gasteiger partial charge in [0.25, 0.3) is 5.91 Å². The van der Waals surface area contributed by atoms with Crippen LogP contribution in [0.3, 0.4) is 0 Å². The molecular formula is C16H19NO3. The van der Waals surface area contributed by atoms with Gasteiger partial charge in [0.2, 0.25) is 0 Å². The highest BCUT2D eigenvalue weighted by atomic mass is 16.3. The molecular weight excluding hydrogens is 254 g/mol. The van der Waals surface area contributed by atoms with E-state index in [0.29, 0.717) is 12.3 Å². The van der Waals surface area contributed by atoms with Crippen LogP contribution in [0.5, 0.6) is 0 Å². The predicted octanol–water partition coefficient (Wildman–Crippen LogP) is 2.59. The number of amides is 1. The molecule has 1 atom stereocenters. The Morgan fingerprint density at radius 2 is 2.30 bits per heavy atom.